The maximum atomic E-state index is 13.8. The zero-order chi connectivity index (χ0) is 13.4. The van der Waals surface area contributed by atoms with E-state index in [0.717, 1.165) is 4.90 Å². The quantitative estimate of drug-likeness (QED) is 0.770. The van der Waals surface area contributed by atoms with Crippen molar-refractivity contribution < 1.29 is 18.7 Å². The number of hydrogen-bond donors (Lipinski definition) is 0. The molecule has 1 aromatic carbocycles. The molecular formula is C13H13FN2O3. The van der Waals surface area contributed by atoms with Gasteiger partial charge in [-0.15, -0.1) is 0 Å². The first kappa shape index (κ1) is 12.1. The number of fused-ring (bicyclic) bond motifs is 1. The first-order chi connectivity index (χ1) is 9.18. The normalized spacial score (nSPS) is 23.5. The number of rotatable bonds is 1. The van der Waals surface area contributed by atoms with Crippen molar-refractivity contribution in [3.63, 3.8) is 0 Å². The van der Waals surface area contributed by atoms with E-state index in [1.54, 1.807) is 11.0 Å². The number of hydrogen-bond acceptors (Lipinski definition) is 3. The summed E-state index contributed by atoms with van der Waals surface area (Å²) >= 11 is 0. The first-order valence-electron chi connectivity index (χ1n) is 6.14. The highest BCUT2D eigenvalue weighted by molar-refractivity contribution is 6.16. The molecule has 2 aliphatic rings. The number of amides is 3. The molecule has 100 valence electrons. The van der Waals surface area contributed by atoms with Crippen LogP contribution in [-0.4, -0.2) is 42.6 Å². The maximum absolute atomic E-state index is 13.8. The van der Waals surface area contributed by atoms with Crippen LogP contribution in [-0.2, 0) is 9.53 Å². The third kappa shape index (κ3) is 1.98. The molecule has 0 N–H and O–H groups in total. The minimum atomic E-state index is -0.573. The number of carbonyl (C=O) groups excluding carboxylic acids is 2. The summed E-state index contributed by atoms with van der Waals surface area (Å²) in [6, 6.07) is 5.11. The van der Waals surface area contributed by atoms with E-state index in [4.69, 9.17) is 4.74 Å². The van der Waals surface area contributed by atoms with Gasteiger partial charge in [0, 0.05) is 6.54 Å². The largest absolute Gasteiger partial charge is 0.377 e. The Balaban J connectivity index is 1.95. The molecular weight excluding hydrogens is 251 g/mol. The second-order valence-electron chi connectivity index (χ2n) is 4.59. The van der Waals surface area contributed by atoms with Crippen molar-refractivity contribution in [2.75, 3.05) is 24.7 Å². The Labute approximate surface area is 109 Å². The number of para-hydroxylation sites is 1. The van der Waals surface area contributed by atoms with Crippen LogP contribution in [0.1, 0.15) is 6.42 Å². The minimum absolute atomic E-state index is 0.0161. The molecule has 2 fully saturated rings. The van der Waals surface area contributed by atoms with Crippen LogP contribution in [0.2, 0.25) is 0 Å². The van der Waals surface area contributed by atoms with Crippen LogP contribution in [0, 0.1) is 5.82 Å². The molecule has 5 nitrogen and oxygen atoms in total. The zero-order valence-corrected chi connectivity index (χ0v) is 10.2. The number of nitrogens with zero attached hydrogens (tertiary/aromatic N) is 2. The van der Waals surface area contributed by atoms with E-state index >= 15 is 0 Å². The summed E-state index contributed by atoms with van der Waals surface area (Å²) in [4.78, 5) is 26.9. The van der Waals surface area contributed by atoms with Crippen LogP contribution < -0.4 is 4.90 Å². The Kier molecular flexibility index (Phi) is 2.94. The molecule has 19 heavy (non-hydrogen) atoms. The lowest BCUT2D eigenvalue weighted by molar-refractivity contribution is -0.122. The van der Waals surface area contributed by atoms with Crippen molar-refractivity contribution in [2.24, 2.45) is 0 Å². The predicted molar refractivity (Wildman–Crippen MR) is 65.2 cm³/mol. The lowest BCUT2D eigenvalue weighted by Crippen LogP contribution is -2.61. The Morgan fingerprint density at radius 1 is 1.26 bits per heavy atom. The van der Waals surface area contributed by atoms with Crippen molar-refractivity contribution in [1.29, 1.82) is 0 Å². The monoisotopic (exact) mass is 264 g/mol. The lowest BCUT2D eigenvalue weighted by Gasteiger charge is -2.42. The molecule has 1 aromatic rings. The molecule has 0 spiro atoms. The topological polar surface area (TPSA) is 49.9 Å². The van der Waals surface area contributed by atoms with Gasteiger partial charge in [-0.1, -0.05) is 12.1 Å². The van der Waals surface area contributed by atoms with Gasteiger partial charge in [0.2, 0.25) is 5.91 Å². The average molecular weight is 264 g/mol. The molecule has 2 aliphatic heterocycles. The van der Waals surface area contributed by atoms with Crippen molar-refractivity contribution in [3.05, 3.63) is 30.1 Å². The number of morpholine rings is 1. The van der Waals surface area contributed by atoms with Gasteiger partial charge in [0.15, 0.2) is 0 Å². The van der Waals surface area contributed by atoms with Gasteiger partial charge in [-0.2, -0.15) is 0 Å². The van der Waals surface area contributed by atoms with Crippen LogP contribution in [0.15, 0.2) is 24.3 Å². The number of urea groups is 1. The average Bonchev–Trinajstić information content (AvgIpc) is 2.41. The smallest absolute Gasteiger partial charge is 0.331 e. The SMILES string of the molecule is O=C1CC2COCCN2C(=O)N1c1ccccc1F. The summed E-state index contributed by atoms with van der Waals surface area (Å²) in [5.74, 6) is -0.960. The molecule has 3 rings (SSSR count). The van der Waals surface area contributed by atoms with Gasteiger partial charge in [0.25, 0.3) is 0 Å². The fourth-order valence-corrected chi connectivity index (χ4v) is 2.47. The van der Waals surface area contributed by atoms with E-state index in [1.807, 2.05) is 0 Å². The summed E-state index contributed by atoms with van der Waals surface area (Å²) in [5.41, 5.74) is 0.0161. The summed E-state index contributed by atoms with van der Waals surface area (Å²) in [5, 5.41) is 0. The highest BCUT2D eigenvalue weighted by Gasteiger charge is 2.41. The van der Waals surface area contributed by atoms with Crippen molar-refractivity contribution in [1.82, 2.24) is 4.90 Å². The van der Waals surface area contributed by atoms with Crippen molar-refractivity contribution >= 4 is 17.6 Å². The van der Waals surface area contributed by atoms with E-state index in [0.29, 0.717) is 19.8 Å². The van der Waals surface area contributed by atoms with Gasteiger partial charge in [-0.25, -0.2) is 14.1 Å². The number of benzene rings is 1. The number of imide groups is 1. The maximum Gasteiger partial charge on any atom is 0.331 e. The van der Waals surface area contributed by atoms with Crippen LogP contribution in [0.5, 0.6) is 0 Å². The highest BCUT2D eigenvalue weighted by atomic mass is 19.1. The number of anilines is 1. The van der Waals surface area contributed by atoms with E-state index in [2.05, 4.69) is 0 Å². The number of halogens is 1. The second kappa shape index (κ2) is 4.62. The summed E-state index contributed by atoms with van der Waals surface area (Å²) in [6.07, 6.45) is 0.167. The van der Waals surface area contributed by atoms with Crippen LogP contribution in [0.4, 0.5) is 14.9 Å². The third-order valence-electron chi connectivity index (χ3n) is 3.42. The van der Waals surface area contributed by atoms with E-state index in [1.165, 1.54) is 18.2 Å². The Morgan fingerprint density at radius 2 is 2.05 bits per heavy atom. The summed E-state index contributed by atoms with van der Waals surface area (Å²) in [6.45, 7) is 1.24. The van der Waals surface area contributed by atoms with Crippen molar-refractivity contribution in [3.8, 4) is 0 Å². The minimum Gasteiger partial charge on any atom is -0.377 e. The molecule has 0 aliphatic carbocycles. The Hall–Kier alpha value is -1.95. The molecule has 2 saturated heterocycles. The van der Waals surface area contributed by atoms with E-state index in [-0.39, 0.29) is 24.1 Å². The lowest BCUT2D eigenvalue weighted by atomic mass is 10.1. The van der Waals surface area contributed by atoms with Gasteiger partial charge in [0.1, 0.15) is 5.82 Å². The Bertz CT molecular complexity index is 534. The first-order valence-corrected chi connectivity index (χ1v) is 6.14. The van der Waals surface area contributed by atoms with Gasteiger partial charge in [0.05, 0.1) is 31.4 Å². The molecule has 0 radical (unpaired) electrons. The zero-order valence-electron chi connectivity index (χ0n) is 10.2. The second-order valence-corrected chi connectivity index (χ2v) is 4.59. The third-order valence-corrected chi connectivity index (χ3v) is 3.42. The van der Waals surface area contributed by atoms with Crippen LogP contribution in [0.3, 0.4) is 0 Å². The van der Waals surface area contributed by atoms with Crippen LogP contribution in [0.25, 0.3) is 0 Å². The molecule has 1 unspecified atom stereocenters. The molecule has 3 amide bonds. The molecule has 0 aromatic heterocycles. The van der Waals surface area contributed by atoms with Gasteiger partial charge in [-0.05, 0) is 12.1 Å². The fourth-order valence-electron chi connectivity index (χ4n) is 2.47. The Morgan fingerprint density at radius 3 is 2.84 bits per heavy atom. The standard InChI is InChI=1S/C13H13FN2O3/c14-10-3-1-2-4-11(10)16-12(17)7-9-8-19-6-5-15(9)13(16)18/h1-4,9H,5-8H2. The van der Waals surface area contributed by atoms with Gasteiger partial charge < -0.3 is 9.64 Å². The number of carbonyl (C=O) groups is 2. The fraction of sp³-hybridized carbons (Fsp3) is 0.385. The molecule has 1 atom stereocenters. The molecule has 0 bridgehead atoms. The van der Waals surface area contributed by atoms with Gasteiger partial charge >= 0.3 is 6.03 Å². The van der Waals surface area contributed by atoms with Crippen LogP contribution >= 0.6 is 0 Å². The van der Waals surface area contributed by atoms with E-state index in [9.17, 15) is 14.0 Å². The molecule has 6 heteroatoms. The summed E-state index contributed by atoms with van der Waals surface area (Å²) < 4.78 is 19.0. The molecule has 2 heterocycles. The predicted octanol–water partition coefficient (Wildman–Crippen LogP) is 1.38. The van der Waals surface area contributed by atoms with E-state index < -0.39 is 11.8 Å². The summed E-state index contributed by atoms with van der Waals surface area (Å²) in [7, 11) is 0. The number of ether oxygens (including phenoxy) is 1. The highest BCUT2D eigenvalue weighted by Crippen LogP contribution is 2.27. The molecule has 0 saturated carbocycles. The van der Waals surface area contributed by atoms with Crippen molar-refractivity contribution in [2.45, 2.75) is 12.5 Å². The van der Waals surface area contributed by atoms with Gasteiger partial charge in [-0.3, -0.25) is 4.79 Å².